The molecule has 38 heavy (non-hydrogen) atoms. The summed E-state index contributed by atoms with van der Waals surface area (Å²) >= 11 is 0. The largest absolute Gasteiger partial charge is 0.596 e. The number of anilines is 2. The van der Waals surface area contributed by atoms with E-state index < -0.39 is 29.1 Å². The third kappa shape index (κ3) is 5.51. The van der Waals surface area contributed by atoms with Crippen molar-refractivity contribution in [1.29, 1.82) is 5.41 Å². The van der Waals surface area contributed by atoms with E-state index in [-0.39, 0.29) is 6.42 Å². The molecule has 0 fully saturated rings. The summed E-state index contributed by atoms with van der Waals surface area (Å²) in [5, 5.41) is 25.0. The number of amides is 1. The van der Waals surface area contributed by atoms with Crippen LogP contribution in [-0.4, -0.2) is 47.2 Å². The van der Waals surface area contributed by atoms with Crippen LogP contribution in [0.1, 0.15) is 19.4 Å². The van der Waals surface area contributed by atoms with E-state index in [1.54, 1.807) is 41.6 Å². The second-order valence-electron chi connectivity index (χ2n) is 9.16. The third-order valence-corrected chi connectivity index (χ3v) is 5.95. The van der Waals surface area contributed by atoms with E-state index in [9.17, 15) is 18.0 Å². The molecule has 3 aromatic heterocycles. The van der Waals surface area contributed by atoms with E-state index >= 15 is 0 Å². The molecule has 0 unspecified atom stereocenters. The number of aryl methyl sites for hydroxylation is 1. The number of halogens is 3. The Labute approximate surface area is 215 Å². The zero-order chi connectivity index (χ0) is 27.7. The van der Waals surface area contributed by atoms with E-state index in [1.165, 1.54) is 0 Å². The number of amidine groups is 1. The smallest absolute Gasteiger partial charge is 0.406 e. The highest BCUT2D eigenvalue weighted by Gasteiger charge is 2.53. The quantitative estimate of drug-likeness (QED) is 0.146. The zero-order valence-corrected chi connectivity index (χ0v) is 20.8. The van der Waals surface area contributed by atoms with Gasteiger partial charge < -0.3 is 15.7 Å². The molecule has 3 heterocycles. The summed E-state index contributed by atoms with van der Waals surface area (Å²) in [6.07, 6.45) is 4.59. The number of alkyl halides is 3. The molecule has 4 rings (SSSR count). The molecule has 0 saturated carbocycles. The van der Waals surface area contributed by atoms with Gasteiger partial charge in [-0.15, -0.1) is 0 Å². The number of nitrogens with one attached hydrogen (secondary N) is 3. The normalized spacial score (nSPS) is 12.5. The predicted octanol–water partition coefficient (Wildman–Crippen LogP) is 3.71. The van der Waals surface area contributed by atoms with Crippen LogP contribution in [0, 0.1) is 10.8 Å². The molecule has 0 aliphatic carbocycles. The molecule has 13 heteroatoms. The molecule has 4 aromatic rings. The Balaban J connectivity index is 1.43. The number of benzene rings is 1. The molecule has 0 aliphatic rings. The van der Waals surface area contributed by atoms with Crippen LogP contribution in [0.15, 0.2) is 67.1 Å². The van der Waals surface area contributed by atoms with Crippen molar-refractivity contribution in [1.82, 2.24) is 29.5 Å². The first-order valence-corrected chi connectivity index (χ1v) is 11.4. The van der Waals surface area contributed by atoms with Crippen LogP contribution in [0.4, 0.5) is 24.7 Å². The minimum atomic E-state index is -4.65. The highest BCUT2D eigenvalue weighted by molar-refractivity contribution is 6.03. The van der Waals surface area contributed by atoms with Crippen LogP contribution >= 0.6 is 0 Å². The first-order chi connectivity index (χ1) is 17.8. The minimum absolute atomic E-state index is 0.0945. The number of aromatic nitrogens is 5. The van der Waals surface area contributed by atoms with Gasteiger partial charge in [0, 0.05) is 31.2 Å². The second-order valence-corrected chi connectivity index (χ2v) is 9.16. The average Bonchev–Trinajstić information content (AvgIpc) is 3.45. The highest BCUT2D eigenvalue weighted by Crippen LogP contribution is 2.42. The van der Waals surface area contributed by atoms with Crippen molar-refractivity contribution >= 4 is 28.9 Å². The van der Waals surface area contributed by atoms with E-state index in [1.807, 2.05) is 29.8 Å². The number of nitrogens with zero attached hydrogens (tertiary/aromatic N) is 5. The summed E-state index contributed by atoms with van der Waals surface area (Å²) in [5.74, 6) is -1.42. The van der Waals surface area contributed by atoms with Crippen LogP contribution in [0.2, 0.25) is 0 Å². The van der Waals surface area contributed by atoms with Crippen molar-refractivity contribution in [2.45, 2.75) is 26.4 Å². The monoisotopic (exact) mass is 527 g/mol. The van der Waals surface area contributed by atoms with E-state index in [4.69, 9.17) is 10.5 Å². The maximum atomic E-state index is 13.1. The number of hydrogen-bond acceptors (Lipinski definition) is 6. The SMILES string of the molecule is Cn1cc(Nc2nccn3c(-c4ccc(CC(=O)NC(=N)/C=C(\[OH2+])C(C)(C)C(F)(F)F)cc4)cnc23)cn1. The van der Waals surface area contributed by atoms with Crippen molar-refractivity contribution in [2.24, 2.45) is 12.5 Å². The number of fused-ring (bicyclic) bond motifs is 1. The molecule has 0 bridgehead atoms. The van der Waals surface area contributed by atoms with Gasteiger partial charge in [-0.25, -0.2) is 9.97 Å². The fraction of sp³-hybridized carbons (Fsp3) is 0.240. The number of allylic oxidation sites excluding steroid dienone is 1. The lowest BCUT2D eigenvalue weighted by atomic mass is 9.89. The molecular formula is C25H26F3N8O2+. The Bertz CT molecular complexity index is 1520. The standard InChI is InChI=1S/C25H25F3N8O2/c1-24(2,25(26,27)28)19(37)11-20(29)34-21(38)10-15-4-6-16(7-5-15)18-13-31-23-22(30-8-9-36(18)23)33-17-12-32-35(3)14-17/h4-9,11-14,37H,10H2,1-3H3,(H,30,33)(H2,29,34,38)/p+1/b19-11-. The molecule has 1 aromatic carbocycles. The van der Waals surface area contributed by atoms with Gasteiger partial charge in [-0.3, -0.25) is 19.3 Å². The van der Waals surface area contributed by atoms with Gasteiger partial charge in [-0.05, 0) is 19.4 Å². The Morgan fingerprint density at radius 1 is 1.16 bits per heavy atom. The van der Waals surface area contributed by atoms with Crippen molar-refractivity contribution < 1.29 is 23.1 Å². The van der Waals surface area contributed by atoms with Gasteiger partial charge in [0.15, 0.2) is 16.9 Å². The lowest BCUT2D eigenvalue weighted by Gasteiger charge is -2.23. The highest BCUT2D eigenvalue weighted by atomic mass is 19.4. The summed E-state index contributed by atoms with van der Waals surface area (Å²) in [6, 6.07) is 7.12. The fourth-order valence-electron chi connectivity index (χ4n) is 3.53. The molecule has 10 nitrogen and oxygen atoms in total. The number of carbonyl (C=O) groups excluding carboxylic acids is 1. The molecular weight excluding hydrogens is 501 g/mol. The molecule has 0 saturated heterocycles. The Morgan fingerprint density at radius 3 is 2.50 bits per heavy atom. The van der Waals surface area contributed by atoms with Gasteiger partial charge in [0.25, 0.3) is 0 Å². The Hall–Kier alpha value is -4.68. The summed E-state index contributed by atoms with van der Waals surface area (Å²) in [6.45, 7) is 1.70. The molecule has 0 radical (unpaired) electrons. The van der Waals surface area contributed by atoms with Gasteiger partial charge in [0.05, 0.1) is 36.3 Å². The Morgan fingerprint density at radius 2 is 1.87 bits per heavy atom. The third-order valence-electron chi connectivity index (χ3n) is 5.95. The molecule has 5 N–H and O–H groups in total. The maximum absolute atomic E-state index is 13.1. The van der Waals surface area contributed by atoms with Gasteiger partial charge in [0.1, 0.15) is 5.84 Å². The van der Waals surface area contributed by atoms with E-state index in [0.717, 1.165) is 30.8 Å². The minimum Gasteiger partial charge on any atom is -0.596 e. The van der Waals surface area contributed by atoms with Gasteiger partial charge in [0.2, 0.25) is 11.7 Å². The van der Waals surface area contributed by atoms with Crippen LogP contribution in [-0.2, 0) is 18.3 Å². The molecule has 1 amide bonds. The van der Waals surface area contributed by atoms with Gasteiger partial charge in [-0.2, -0.15) is 18.3 Å². The van der Waals surface area contributed by atoms with Crippen LogP contribution in [0.3, 0.4) is 0 Å². The van der Waals surface area contributed by atoms with Gasteiger partial charge >= 0.3 is 6.18 Å². The topological polar surface area (TPSA) is 136 Å². The summed E-state index contributed by atoms with van der Waals surface area (Å²) < 4.78 is 42.8. The van der Waals surface area contributed by atoms with Crippen LogP contribution < -0.4 is 10.6 Å². The second kappa shape index (κ2) is 10.00. The molecule has 0 spiro atoms. The van der Waals surface area contributed by atoms with Crippen molar-refractivity contribution in [3.05, 3.63) is 72.6 Å². The fourth-order valence-corrected chi connectivity index (χ4v) is 3.53. The number of imidazole rings is 1. The van der Waals surface area contributed by atoms with Crippen LogP contribution in [0.5, 0.6) is 0 Å². The van der Waals surface area contributed by atoms with Crippen molar-refractivity contribution in [3.8, 4) is 11.3 Å². The Kier molecular flexibility index (Phi) is 6.94. The number of hydrogen-bond donors (Lipinski definition) is 3. The predicted molar refractivity (Wildman–Crippen MR) is 136 cm³/mol. The average molecular weight is 528 g/mol. The van der Waals surface area contributed by atoms with Crippen molar-refractivity contribution in [2.75, 3.05) is 5.32 Å². The summed E-state index contributed by atoms with van der Waals surface area (Å²) in [4.78, 5) is 21.2. The van der Waals surface area contributed by atoms with Crippen LogP contribution in [0.25, 0.3) is 16.9 Å². The number of rotatable bonds is 7. The molecule has 0 aliphatic heterocycles. The van der Waals surface area contributed by atoms with Crippen molar-refractivity contribution in [3.63, 3.8) is 0 Å². The lowest BCUT2D eigenvalue weighted by Crippen LogP contribution is -2.36. The van der Waals surface area contributed by atoms with Gasteiger partial charge in [-0.1, -0.05) is 24.3 Å². The molecule has 0 atom stereocenters. The summed E-state index contributed by atoms with van der Waals surface area (Å²) in [5.41, 5.74) is 1.22. The lowest BCUT2D eigenvalue weighted by molar-refractivity contribution is -0.206. The maximum Gasteiger partial charge on any atom is 0.406 e. The summed E-state index contributed by atoms with van der Waals surface area (Å²) in [7, 11) is 1.81. The van der Waals surface area contributed by atoms with E-state index in [2.05, 4.69) is 25.7 Å². The van der Waals surface area contributed by atoms with E-state index in [0.29, 0.717) is 23.1 Å². The first-order valence-electron chi connectivity index (χ1n) is 11.4. The first kappa shape index (κ1) is 26.4. The zero-order valence-electron chi connectivity index (χ0n) is 20.8. The number of carbonyl (C=O) groups is 1. The molecule has 198 valence electrons.